The number of rotatable bonds is 8. The SMILES string of the molecule is CCCN(CCC(N)=O)CCN(C)C. The van der Waals surface area contributed by atoms with Gasteiger partial charge in [-0.25, -0.2) is 0 Å². The highest BCUT2D eigenvalue weighted by Gasteiger charge is 2.05. The Morgan fingerprint density at radius 2 is 1.79 bits per heavy atom. The van der Waals surface area contributed by atoms with Crippen molar-refractivity contribution in [3.8, 4) is 0 Å². The lowest BCUT2D eigenvalue weighted by Crippen LogP contribution is -2.34. The summed E-state index contributed by atoms with van der Waals surface area (Å²) in [5.41, 5.74) is 5.12. The zero-order valence-corrected chi connectivity index (χ0v) is 9.62. The maximum absolute atomic E-state index is 10.6. The smallest absolute Gasteiger partial charge is 0.218 e. The van der Waals surface area contributed by atoms with Crippen molar-refractivity contribution < 1.29 is 4.79 Å². The molecule has 0 aromatic heterocycles. The van der Waals surface area contributed by atoms with Gasteiger partial charge in [0.2, 0.25) is 5.91 Å². The average Bonchev–Trinajstić information content (AvgIpc) is 2.09. The zero-order valence-electron chi connectivity index (χ0n) is 9.62. The van der Waals surface area contributed by atoms with Crippen molar-refractivity contribution in [1.82, 2.24) is 9.80 Å². The van der Waals surface area contributed by atoms with Gasteiger partial charge in [0.05, 0.1) is 0 Å². The first-order valence-corrected chi connectivity index (χ1v) is 5.21. The van der Waals surface area contributed by atoms with Crippen molar-refractivity contribution in [1.29, 1.82) is 0 Å². The van der Waals surface area contributed by atoms with Gasteiger partial charge in [0.15, 0.2) is 0 Å². The van der Waals surface area contributed by atoms with Gasteiger partial charge in [0.1, 0.15) is 0 Å². The lowest BCUT2D eigenvalue weighted by molar-refractivity contribution is -0.118. The summed E-state index contributed by atoms with van der Waals surface area (Å²) < 4.78 is 0. The minimum absolute atomic E-state index is 0.212. The Hall–Kier alpha value is -0.610. The maximum Gasteiger partial charge on any atom is 0.218 e. The average molecular weight is 201 g/mol. The molecule has 0 heterocycles. The quantitative estimate of drug-likeness (QED) is 0.607. The van der Waals surface area contributed by atoms with E-state index in [2.05, 4.69) is 30.8 Å². The van der Waals surface area contributed by atoms with Crippen LogP contribution in [0.15, 0.2) is 0 Å². The fraction of sp³-hybridized carbons (Fsp3) is 0.900. The molecule has 0 rings (SSSR count). The number of amides is 1. The second kappa shape index (κ2) is 7.76. The highest BCUT2D eigenvalue weighted by atomic mass is 16.1. The van der Waals surface area contributed by atoms with Crippen LogP contribution < -0.4 is 5.73 Å². The summed E-state index contributed by atoms with van der Waals surface area (Å²) in [6.07, 6.45) is 1.58. The Balaban J connectivity index is 3.70. The van der Waals surface area contributed by atoms with Crippen molar-refractivity contribution in [2.24, 2.45) is 5.73 Å². The lowest BCUT2D eigenvalue weighted by Gasteiger charge is -2.22. The molecule has 0 aromatic rings. The van der Waals surface area contributed by atoms with Crippen molar-refractivity contribution in [2.75, 3.05) is 40.3 Å². The third kappa shape index (κ3) is 8.01. The van der Waals surface area contributed by atoms with Crippen LogP contribution in [0, 0.1) is 0 Å². The van der Waals surface area contributed by atoms with Crippen LogP contribution >= 0.6 is 0 Å². The second-order valence-corrected chi connectivity index (χ2v) is 3.86. The van der Waals surface area contributed by atoms with Crippen LogP contribution in [0.5, 0.6) is 0 Å². The molecule has 1 amide bonds. The number of hydrogen-bond acceptors (Lipinski definition) is 3. The molecule has 0 spiro atoms. The molecule has 4 nitrogen and oxygen atoms in total. The molecule has 0 aliphatic rings. The Kier molecular flexibility index (Phi) is 7.42. The first-order chi connectivity index (χ1) is 6.56. The number of nitrogens with two attached hydrogens (primary N) is 1. The summed E-state index contributed by atoms with van der Waals surface area (Å²) in [5, 5.41) is 0. The zero-order chi connectivity index (χ0) is 11.0. The van der Waals surface area contributed by atoms with E-state index in [1.807, 2.05) is 0 Å². The van der Waals surface area contributed by atoms with E-state index in [9.17, 15) is 4.79 Å². The number of likely N-dealkylation sites (N-methyl/N-ethyl adjacent to an activating group) is 1. The summed E-state index contributed by atoms with van der Waals surface area (Å²) in [6.45, 7) is 6.01. The fourth-order valence-corrected chi connectivity index (χ4v) is 1.26. The first-order valence-electron chi connectivity index (χ1n) is 5.21. The molecule has 0 atom stereocenters. The second-order valence-electron chi connectivity index (χ2n) is 3.86. The van der Waals surface area contributed by atoms with Gasteiger partial charge in [-0.1, -0.05) is 6.92 Å². The lowest BCUT2D eigenvalue weighted by atomic mass is 10.3. The topological polar surface area (TPSA) is 49.6 Å². The van der Waals surface area contributed by atoms with Gasteiger partial charge < -0.3 is 15.5 Å². The Bertz CT molecular complexity index is 159. The number of carbonyl (C=O) groups excluding carboxylic acids is 1. The molecule has 0 saturated heterocycles. The van der Waals surface area contributed by atoms with E-state index in [1.165, 1.54) is 0 Å². The fourth-order valence-electron chi connectivity index (χ4n) is 1.26. The van der Waals surface area contributed by atoms with E-state index in [4.69, 9.17) is 5.73 Å². The largest absolute Gasteiger partial charge is 0.370 e. The maximum atomic E-state index is 10.6. The molecule has 84 valence electrons. The first kappa shape index (κ1) is 13.4. The number of nitrogens with zero attached hydrogens (tertiary/aromatic N) is 2. The molecular weight excluding hydrogens is 178 g/mol. The normalized spacial score (nSPS) is 11.2. The summed E-state index contributed by atoms with van der Waals surface area (Å²) in [6, 6.07) is 0. The minimum atomic E-state index is -0.212. The van der Waals surface area contributed by atoms with E-state index in [1.54, 1.807) is 0 Å². The summed E-state index contributed by atoms with van der Waals surface area (Å²) in [7, 11) is 4.11. The van der Waals surface area contributed by atoms with Crippen molar-refractivity contribution in [2.45, 2.75) is 19.8 Å². The van der Waals surface area contributed by atoms with E-state index >= 15 is 0 Å². The molecule has 4 heteroatoms. The van der Waals surface area contributed by atoms with Gasteiger partial charge in [0.25, 0.3) is 0 Å². The van der Waals surface area contributed by atoms with Gasteiger partial charge in [-0.05, 0) is 27.1 Å². The predicted octanol–water partition coefficient (Wildman–Crippen LogP) is 0.135. The highest BCUT2D eigenvalue weighted by molar-refractivity contribution is 5.73. The van der Waals surface area contributed by atoms with Gasteiger partial charge >= 0.3 is 0 Å². The van der Waals surface area contributed by atoms with E-state index < -0.39 is 0 Å². The van der Waals surface area contributed by atoms with Crippen molar-refractivity contribution in [3.63, 3.8) is 0 Å². The van der Waals surface area contributed by atoms with Crippen LogP contribution in [0.4, 0.5) is 0 Å². The van der Waals surface area contributed by atoms with Crippen LogP contribution in [0.3, 0.4) is 0 Å². The monoisotopic (exact) mass is 201 g/mol. The van der Waals surface area contributed by atoms with Crippen molar-refractivity contribution in [3.05, 3.63) is 0 Å². The third-order valence-corrected chi connectivity index (χ3v) is 2.08. The van der Waals surface area contributed by atoms with Gasteiger partial charge in [-0.2, -0.15) is 0 Å². The van der Waals surface area contributed by atoms with E-state index in [-0.39, 0.29) is 5.91 Å². The van der Waals surface area contributed by atoms with Crippen LogP contribution in [-0.4, -0.2) is 56.0 Å². The summed E-state index contributed by atoms with van der Waals surface area (Å²) in [4.78, 5) is 15.1. The van der Waals surface area contributed by atoms with Gasteiger partial charge in [-0.3, -0.25) is 4.79 Å². The Labute approximate surface area is 87.0 Å². The summed E-state index contributed by atoms with van der Waals surface area (Å²) in [5.74, 6) is -0.212. The molecule has 0 unspecified atom stereocenters. The molecule has 0 saturated carbocycles. The molecule has 0 aromatic carbocycles. The van der Waals surface area contributed by atoms with Crippen LogP contribution in [0.2, 0.25) is 0 Å². The Morgan fingerprint density at radius 1 is 1.14 bits per heavy atom. The molecule has 14 heavy (non-hydrogen) atoms. The molecule has 0 aliphatic heterocycles. The van der Waals surface area contributed by atoms with Gasteiger partial charge in [-0.15, -0.1) is 0 Å². The molecule has 0 fully saturated rings. The molecule has 0 aliphatic carbocycles. The van der Waals surface area contributed by atoms with Crippen LogP contribution in [0.1, 0.15) is 19.8 Å². The Morgan fingerprint density at radius 3 is 2.21 bits per heavy atom. The highest BCUT2D eigenvalue weighted by Crippen LogP contribution is 1.94. The number of hydrogen-bond donors (Lipinski definition) is 1. The van der Waals surface area contributed by atoms with Crippen molar-refractivity contribution >= 4 is 5.91 Å². The predicted molar refractivity (Wildman–Crippen MR) is 59.1 cm³/mol. The summed E-state index contributed by atoms with van der Waals surface area (Å²) >= 11 is 0. The van der Waals surface area contributed by atoms with E-state index in [0.717, 1.165) is 32.6 Å². The molecular formula is C10H23N3O. The number of primary amides is 1. The van der Waals surface area contributed by atoms with Gasteiger partial charge in [0, 0.05) is 26.1 Å². The molecule has 2 N–H and O–H groups in total. The van der Waals surface area contributed by atoms with E-state index in [0.29, 0.717) is 6.42 Å². The molecule has 0 bridgehead atoms. The van der Waals surface area contributed by atoms with Crippen LogP contribution in [0.25, 0.3) is 0 Å². The molecule has 0 radical (unpaired) electrons. The standard InChI is InChI=1S/C10H23N3O/c1-4-6-13(7-5-10(11)14)9-8-12(2)3/h4-9H2,1-3H3,(H2,11,14). The minimum Gasteiger partial charge on any atom is -0.370 e. The van der Waals surface area contributed by atoms with Crippen LogP contribution in [-0.2, 0) is 4.79 Å². The number of carbonyl (C=O) groups is 1. The third-order valence-electron chi connectivity index (χ3n) is 2.08.